The number of benzene rings is 2. The Morgan fingerprint density at radius 2 is 1.48 bits per heavy atom. The SMILES string of the molecule is C=C1c2ccccc2C2=C(c3ccccc31)C(C[Si](=O)N(C)C(C)(C)C)C=C2.[Ti+4]. The fraction of sp³-hybridized carbons (Fsp3) is 0.280. The molecule has 2 aromatic carbocycles. The van der Waals surface area contributed by atoms with Crippen LogP contribution in [-0.4, -0.2) is 26.0 Å². The van der Waals surface area contributed by atoms with Crippen molar-refractivity contribution in [3.05, 3.63) is 89.5 Å². The summed E-state index contributed by atoms with van der Waals surface area (Å²) in [5.41, 5.74) is 8.32. The summed E-state index contributed by atoms with van der Waals surface area (Å²) in [5, 5.41) is 0. The van der Waals surface area contributed by atoms with Crippen LogP contribution < -0.4 is 0 Å². The number of allylic oxidation sites excluding steroid dienone is 4. The molecule has 0 saturated carbocycles. The van der Waals surface area contributed by atoms with Crippen LogP contribution >= 0.6 is 0 Å². The van der Waals surface area contributed by atoms with Gasteiger partial charge in [0, 0.05) is 24.5 Å². The number of nitrogens with zero attached hydrogens (tertiary/aromatic N) is 1. The van der Waals surface area contributed by atoms with E-state index in [0.717, 1.165) is 5.57 Å². The van der Waals surface area contributed by atoms with E-state index in [1.54, 1.807) is 0 Å². The first-order valence-corrected chi connectivity index (χ1v) is 11.4. The molecular weight excluding hydrogens is 406 g/mol. The van der Waals surface area contributed by atoms with E-state index in [2.05, 4.69) is 88.0 Å². The zero-order valence-corrected chi connectivity index (χ0v) is 20.2. The molecule has 0 aromatic heterocycles. The fourth-order valence-electron chi connectivity index (χ4n) is 4.15. The molecule has 0 N–H and O–H groups in total. The predicted molar refractivity (Wildman–Crippen MR) is 119 cm³/mol. The molecule has 0 fully saturated rings. The van der Waals surface area contributed by atoms with Gasteiger partial charge < -0.3 is 9.03 Å². The molecule has 2 aliphatic rings. The van der Waals surface area contributed by atoms with Crippen molar-refractivity contribution < 1.29 is 26.2 Å². The van der Waals surface area contributed by atoms with E-state index in [0.29, 0.717) is 6.04 Å². The Morgan fingerprint density at radius 3 is 2.07 bits per heavy atom. The number of rotatable bonds is 3. The predicted octanol–water partition coefficient (Wildman–Crippen LogP) is 5.80. The molecule has 0 saturated heterocycles. The second-order valence-corrected chi connectivity index (χ2v) is 10.6. The third kappa shape index (κ3) is 3.84. The molecule has 0 radical (unpaired) electrons. The quantitative estimate of drug-likeness (QED) is 0.570. The third-order valence-corrected chi connectivity index (χ3v) is 8.22. The van der Waals surface area contributed by atoms with Crippen LogP contribution in [-0.2, 0) is 26.2 Å². The third-order valence-electron chi connectivity index (χ3n) is 6.02. The molecule has 0 aliphatic heterocycles. The van der Waals surface area contributed by atoms with Crippen molar-refractivity contribution in [3.63, 3.8) is 0 Å². The van der Waals surface area contributed by atoms with Crippen molar-refractivity contribution in [2.24, 2.45) is 5.92 Å². The summed E-state index contributed by atoms with van der Waals surface area (Å²) in [6.45, 7) is 10.8. The topological polar surface area (TPSA) is 20.3 Å². The van der Waals surface area contributed by atoms with Crippen LogP contribution in [0.5, 0.6) is 0 Å². The molecule has 29 heavy (non-hydrogen) atoms. The van der Waals surface area contributed by atoms with Gasteiger partial charge >= 0.3 is 30.6 Å². The standard InChI is InChI=1S/C25H27NOSi.Ti/c1-17-19-10-6-8-12-21(19)23-15-14-18(16-28(27)26(5)25(2,3)4)24(23)22-13-9-7-11-20(17)22;/h6-15,18H,1,16H2,2-5H3;/q;+4. The Morgan fingerprint density at radius 1 is 0.966 bits per heavy atom. The molecule has 4 rings (SSSR count). The summed E-state index contributed by atoms with van der Waals surface area (Å²) in [6, 6.07) is 17.7. The van der Waals surface area contributed by atoms with Crippen LogP contribution in [0.3, 0.4) is 0 Å². The van der Waals surface area contributed by atoms with Crippen molar-refractivity contribution in [2.75, 3.05) is 7.05 Å². The summed E-state index contributed by atoms with van der Waals surface area (Å²) < 4.78 is 15.2. The van der Waals surface area contributed by atoms with Gasteiger partial charge in [0.1, 0.15) is 0 Å². The van der Waals surface area contributed by atoms with E-state index in [9.17, 15) is 4.46 Å². The van der Waals surface area contributed by atoms with Crippen molar-refractivity contribution in [2.45, 2.75) is 32.4 Å². The number of hydrogen-bond donors (Lipinski definition) is 0. The van der Waals surface area contributed by atoms with Crippen LogP contribution in [0.1, 0.15) is 43.0 Å². The van der Waals surface area contributed by atoms with E-state index < -0.39 is 8.84 Å². The molecule has 2 aromatic rings. The van der Waals surface area contributed by atoms with E-state index >= 15 is 0 Å². The van der Waals surface area contributed by atoms with Crippen molar-refractivity contribution in [1.29, 1.82) is 0 Å². The smallest absolute Gasteiger partial charge is 0.375 e. The van der Waals surface area contributed by atoms with Crippen molar-refractivity contribution >= 4 is 25.6 Å². The first-order chi connectivity index (χ1) is 13.3. The molecule has 0 bridgehead atoms. The molecule has 1 unspecified atom stereocenters. The minimum absolute atomic E-state index is 0. The molecule has 142 valence electrons. The maximum absolute atomic E-state index is 13.2. The van der Waals surface area contributed by atoms with Crippen molar-refractivity contribution in [1.82, 2.24) is 4.57 Å². The Bertz CT molecular complexity index is 1040. The van der Waals surface area contributed by atoms with Crippen LogP contribution in [0, 0.1) is 5.92 Å². The first kappa shape index (κ1) is 21.9. The molecule has 0 spiro atoms. The summed E-state index contributed by atoms with van der Waals surface area (Å²) in [5.74, 6) is 0.159. The van der Waals surface area contributed by atoms with Gasteiger partial charge in [-0.15, -0.1) is 0 Å². The Labute approximate surface area is 190 Å². The van der Waals surface area contributed by atoms with E-state index in [4.69, 9.17) is 0 Å². The van der Waals surface area contributed by atoms with Gasteiger partial charge in [-0.2, -0.15) is 0 Å². The van der Waals surface area contributed by atoms with Crippen LogP contribution in [0.25, 0.3) is 16.7 Å². The second-order valence-electron chi connectivity index (χ2n) is 8.69. The number of hydrogen-bond acceptors (Lipinski definition) is 1. The first-order valence-electron chi connectivity index (χ1n) is 9.86. The Kier molecular flexibility index (Phi) is 6.14. The van der Waals surface area contributed by atoms with Gasteiger partial charge in [0.05, 0.1) is 0 Å². The van der Waals surface area contributed by atoms with E-state index in [1.165, 1.54) is 33.4 Å². The van der Waals surface area contributed by atoms with Crippen LogP contribution in [0.4, 0.5) is 0 Å². The normalized spacial score (nSPS) is 17.1. The van der Waals surface area contributed by atoms with Gasteiger partial charge in [-0.1, -0.05) is 67.3 Å². The van der Waals surface area contributed by atoms with Gasteiger partial charge in [-0.05, 0) is 59.7 Å². The summed E-state index contributed by atoms with van der Waals surface area (Å²) in [7, 11) is 0.0943. The second kappa shape index (κ2) is 8.14. The number of fused-ring (bicyclic) bond motifs is 4. The maximum Gasteiger partial charge on any atom is 4.00 e. The zero-order chi connectivity index (χ0) is 20.1. The van der Waals surface area contributed by atoms with Crippen LogP contribution in [0.2, 0.25) is 6.04 Å². The maximum atomic E-state index is 13.2. The molecule has 0 amide bonds. The van der Waals surface area contributed by atoms with Gasteiger partial charge in [-0.25, -0.2) is 0 Å². The van der Waals surface area contributed by atoms with Crippen LogP contribution in [0.15, 0.2) is 67.3 Å². The molecule has 2 nitrogen and oxygen atoms in total. The van der Waals surface area contributed by atoms with E-state index in [-0.39, 0.29) is 33.2 Å². The average molecular weight is 433 g/mol. The molecule has 0 heterocycles. The summed E-state index contributed by atoms with van der Waals surface area (Å²) in [6.07, 6.45) is 4.46. The largest absolute Gasteiger partial charge is 4.00 e. The van der Waals surface area contributed by atoms with Gasteiger partial charge in [-0.3, -0.25) is 0 Å². The summed E-state index contributed by atoms with van der Waals surface area (Å²) in [4.78, 5) is 0. The van der Waals surface area contributed by atoms with Gasteiger partial charge in [0.25, 0.3) is 0 Å². The molecule has 2 aliphatic carbocycles. The van der Waals surface area contributed by atoms with Crippen molar-refractivity contribution in [3.8, 4) is 0 Å². The average Bonchev–Trinajstić information content (AvgIpc) is 3.04. The summed E-state index contributed by atoms with van der Waals surface area (Å²) >= 11 is 0. The monoisotopic (exact) mass is 433 g/mol. The van der Waals surface area contributed by atoms with E-state index in [1.807, 2.05) is 11.6 Å². The Hall–Kier alpha value is -1.81. The Balaban J connectivity index is 0.00000240. The molecular formula is C25H27NOSiTi+4. The van der Waals surface area contributed by atoms with Gasteiger partial charge in [0.15, 0.2) is 0 Å². The fourth-order valence-corrected chi connectivity index (χ4v) is 5.89. The zero-order valence-electron chi connectivity index (χ0n) is 17.6. The minimum Gasteiger partial charge on any atom is -0.375 e. The molecule has 1 atom stereocenters. The molecule has 4 heteroatoms. The minimum atomic E-state index is -1.89. The van der Waals surface area contributed by atoms with Gasteiger partial charge in [0.2, 0.25) is 0 Å².